The molecule has 0 aliphatic heterocycles. The highest BCUT2D eigenvalue weighted by Crippen LogP contribution is 2.23. The molecule has 0 fully saturated rings. The summed E-state index contributed by atoms with van der Waals surface area (Å²) in [6, 6.07) is 9.53. The number of nitriles is 1. The molecule has 0 amide bonds. The smallest absolute Gasteiger partial charge is 0.171 e. The molecule has 2 rings (SSSR count). The summed E-state index contributed by atoms with van der Waals surface area (Å²) in [6.45, 7) is 2.01. The minimum atomic E-state index is 0.464. The van der Waals surface area contributed by atoms with Crippen LogP contribution in [0.3, 0.4) is 0 Å². The molecule has 1 aromatic heterocycles. The first-order valence-corrected chi connectivity index (χ1v) is 5.75. The van der Waals surface area contributed by atoms with Crippen molar-refractivity contribution in [1.82, 2.24) is 10.2 Å². The summed E-state index contributed by atoms with van der Waals surface area (Å²) in [5.74, 6) is 0.464. The van der Waals surface area contributed by atoms with E-state index < -0.39 is 0 Å². The highest BCUT2D eigenvalue weighted by atomic mass is 79.9. The van der Waals surface area contributed by atoms with Crippen LogP contribution in [0.25, 0.3) is 0 Å². The van der Waals surface area contributed by atoms with Gasteiger partial charge in [0.05, 0.1) is 11.8 Å². The molecule has 0 aliphatic carbocycles. The maximum Gasteiger partial charge on any atom is 0.171 e. The first kappa shape index (κ1) is 11.6. The molecular weight excluding hydrogens is 280 g/mol. The fourth-order valence-electron chi connectivity index (χ4n) is 1.32. The third-order valence-electron chi connectivity index (χ3n) is 2.28. The molecule has 1 aromatic carbocycles. The number of hydrogen-bond donors (Lipinski definition) is 1. The molecule has 4 nitrogen and oxygen atoms in total. The lowest BCUT2D eigenvalue weighted by molar-refractivity contribution is 1.03. The summed E-state index contributed by atoms with van der Waals surface area (Å²) < 4.78 is 1.00. The van der Waals surface area contributed by atoms with Gasteiger partial charge in [-0.1, -0.05) is 22.0 Å². The first-order valence-electron chi connectivity index (χ1n) is 4.95. The van der Waals surface area contributed by atoms with E-state index in [0.29, 0.717) is 11.4 Å². The molecule has 2 aromatic rings. The van der Waals surface area contributed by atoms with Gasteiger partial charge in [-0.25, -0.2) is 0 Å². The maximum absolute atomic E-state index is 8.93. The summed E-state index contributed by atoms with van der Waals surface area (Å²) in [4.78, 5) is 0. The average molecular weight is 289 g/mol. The van der Waals surface area contributed by atoms with Crippen LogP contribution in [0, 0.1) is 18.3 Å². The molecule has 0 aliphatic rings. The van der Waals surface area contributed by atoms with Crippen molar-refractivity contribution in [2.24, 2.45) is 0 Å². The highest BCUT2D eigenvalue weighted by Gasteiger charge is 2.04. The van der Waals surface area contributed by atoms with Crippen LogP contribution in [-0.2, 0) is 0 Å². The van der Waals surface area contributed by atoms with E-state index in [4.69, 9.17) is 5.26 Å². The first-order chi connectivity index (χ1) is 8.20. The third kappa shape index (κ3) is 2.60. The van der Waals surface area contributed by atoms with E-state index in [1.165, 1.54) is 6.20 Å². The zero-order valence-corrected chi connectivity index (χ0v) is 10.7. The van der Waals surface area contributed by atoms with Crippen LogP contribution in [0.2, 0.25) is 0 Å². The Hall–Kier alpha value is -1.93. The van der Waals surface area contributed by atoms with Crippen molar-refractivity contribution in [1.29, 1.82) is 5.26 Å². The van der Waals surface area contributed by atoms with E-state index in [1.807, 2.05) is 25.1 Å². The minimum Gasteiger partial charge on any atom is -0.338 e. The Morgan fingerprint density at radius 3 is 2.88 bits per heavy atom. The quantitative estimate of drug-likeness (QED) is 0.922. The van der Waals surface area contributed by atoms with Crippen molar-refractivity contribution in [3.63, 3.8) is 0 Å². The van der Waals surface area contributed by atoms with Crippen molar-refractivity contribution >= 4 is 27.4 Å². The summed E-state index contributed by atoms with van der Waals surface area (Å²) in [6.07, 6.45) is 1.49. The fraction of sp³-hybridized carbons (Fsp3) is 0.0833. The van der Waals surface area contributed by atoms with Gasteiger partial charge in [0.25, 0.3) is 0 Å². The van der Waals surface area contributed by atoms with E-state index in [-0.39, 0.29) is 0 Å². The van der Waals surface area contributed by atoms with Gasteiger partial charge in [-0.15, -0.1) is 5.10 Å². The number of aryl methyl sites for hydroxylation is 1. The molecule has 0 atom stereocenters. The number of halogens is 1. The zero-order chi connectivity index (χ0) is 12.3. The zero-order valence-electron chi connectivity index (χ0n) is 9.11. The second kappa shape index (κ2) is 4.93. The second-order valence-corrected chi connectivity index (χ2v) is 4.35. The van der Waals surface area contributed by atoms with Gasteiger partial charge in [0.15, 0.2) is 5.82 Å². The Bertz CT molecular complexity index is 589. The predicted molar refractivity (Wildman–Crippen MR) is 68.9 cm³/mol. The number of aromatic nitrogens is 2. The maximum atomic E-state index is 8.93. The lowest BCUT2D eigenvalue weighted by Crippen LogP contribution is -1.98. The molecule has 0 saturated carbocycles. The van der Waals surface area contributed by atoms with Crippen molar-refractivity contribution in [3.8, 4) is 6.07 Å². The van der Waals surface area contributed by atoms with Crippen LogP contribution in [0.1, 0.15) is 11.1 Å². The van der Waals surface area contributed by atoms with E-state index in [0.717, 1.165) is 15.7 Å². The van der Waals surface area contributed by atoms with Crippen molar-refractivity contribution < 1.29 is 0 Å². The molecule has 0 spiro atoms. The van der Waals surface area contributed by atoms with Gasteiger partial charge in [0.2, 0.25) is 0 Å². The van der Waals surface area contributed by atoms with Gasteiger partial charge >= 0.3 is 0 Å². The van der Waals surface area contributed by atoms with Crippen LogP contribution >= 0.6 is 15.9 Å². The number of anilines is 2. The molecule has 0 bridgehead atoms. The summed E-state index contributed by atoms with van der Waals surface area (Å²) >= 11 is 3.45. The number of hydrogen-bond acceptors (Lipinski definition) is 4. The molecule has 1 N–H and O–H groups in total. The molecule has 0 unspecified atom stereocenters. The molecule has 5 heteroatoms. The van der Waals surface area contributed by atoms with Gasteiger partial charge < -0.3 is 5.32 Å². The minimum absolute atomic E-state index is 0.464. The third-order valence-corrected chi connectivity index (χ3v) is 3.13. The summed E-state index contributed by atoms with van der Waals surface area (Å²) in [5.41, 5.74) is 2.48. The normalized spacial score (nSPS) is 9.71. The van der Waals surface area contributed by atoms with Gasteiger partial charge in [0, 0.05) is 10.2 Å². The van der Waals surface area contributed by atoms with Crippen LogP contribution in [-0.4, -0.2) is 10.2 Å². The van der Waals surface area contributed by atoms with Crippen molar-refractivity contribution in [2.45, 2.75) is 6.92 Å². The Morgan fingerprint density at radius 1 is 1.35 bits per heavy atom. The molecular formula is C12H9BrN4. The Labute approximate surface area is 107 Å². The van der Waals surface area contributed by atoms with Gasteiger partial charge in [0.1, 0.15) is 6.07 Å². The summed E-state index contributed by atoms with van der Waals surface area (Å²) in [5, 5.41) is 19.6. The van der Waals surface area contributed by atoms with E-state index in [9.17, 15) is 0 Å². The number of rotatable bonds is 2. The monoisotopic (exact) mass is 288 g/mol. The van der Waals surface area contributed by atoms with Crippen LogP contribution in [0.4, 0.5) is 11.5 Å². The van der Waals surface area contributed by atoms with Crippen LogP contribution in [0.5, 0.6) is 0 Å². The van der Waals surface area contributed by atoms with E-state index >= 15 is 0 Å². The van der Waals surface area contributed by atoms with E-state index in [2.05, 4.69) is 37.5 Å². The average Bonchev–Trinajstić information content (AvgIpc) is 2.34. The topological polar surface area (TPSA) is 61.6 Å². The molecule has 17 heavy (non-hydrogen) atoms. The number of nitrogens with zero attached hydrogens (tertiary/aromatic N) is 3. The molecule has 0 radical (unpaired) electrons. The Kier molecular flexibility index (Phi) is 3.35. The molecule has 0 saturated heterocycles. The molecule has 84 valence electrons. The van der Waals surface area contributed by atoms with E-state index in [1.54, 1.807) is 6.07 Å². The number of benzene rings is 1. The molecule has 1 heterocycles. The van der Waals surface area contributed by atoms with Crippen molar-refractivity contribution in [3.05, 3.63) is 46.1 Å². The fourth-order valence-corrected chi connectivity index (χ4v) is 1.70. The van der Waals surface area contributed by atoms with Gasteiger partial charge in [-0.3, -0.25) is 0 Å². The van der Waals surface area contributed by atoms with Gasteiger partial charge in [-0.2, -0.15) is 10.4 Å². The summed E-state index contributed by atoms with van der Waals surface area (Å²) in [7, 11) is 0. The van der Waals surface area contributed by atoms with Gasteiger partial charge in [-0.05, 0) is 30.7 Å². The lowest BCUT2D eigenvalue weighted by Gasteiger charge is -2.07. The largest absolute Gasteiger partial charge is 0.338 e. The van der Waals surface area contributed by atoms with Crippen molar-refractivity contribution in [2.75, 3.05) is 5.32 Å². The Balaban J connectivity index is 2.32. The highest BCUT2D eigenvalue weighted by molar-refractivity contribution is 9.10. The Morgan fingerprint density at radius 2 is 2.18 bits per heavy atom. The van der Waals surface area contributed by atoms with Crippen LogP contribution in [0.15, 0.2) is 34.9 Å². The second-order valence-electron chi connectivity index (χ2n) is 3.49. The lowest BCUT2D eigenvalue weighted by atomic mass is 10.2. The SMILES string of the molecule is Cc1ccc(Nc2nnccc2C#N)cc1Br. The number of nitrogens with one attached hydrogen (secondary N) is 1. The van der Waals surface area contributed by atoms with Crippen LogP contribution < -0.4 is 5.32 Å². The standard InChI is InChI=1S/C12H9BrN4/c1-8-2-3-10(6-11(8)13)16-12-9(7-14)4-5-15-17-12/h2-6H,1H3,(H,16,17). The predicted octanol–water partition coefficient (Wildman–Crippen LogP) is 3.16.